The predicted octanol–water partition coefficient (Wildman–Crippen LogP) is 5.78. The molecule has 3 rings (SSSR count). The van der Waals surface area contributed by atoms with Gasteiger partial charge in [-0.05, 0) is 42.0 Å². The van der Waals surface area contributed by atoms with Gasteiger partial charge < -0.3 is 10.1 Å². The molecule has 124 valence electrons. The monoisotopic (exact) mass is 349 g/mol. The summed E-state index contributed by atoms with van der Waals surface area (Å²) in [6.45, 7) is 0. The Morgan fingerprint density at radius 2 is 1.60 bits per heavy atom. The number of hydrogen-bond donors (Lipinski definition) is 1. The van der Waals surface area contributed by atoms with E-state index >= 15 is 0 Å². The van der Waals surface area contributed by atoms with Crippen LogP contribution in [0.3, 0.4) is 0 Å². The van der Waals surface area contributed by atoms with Gasteiger partial charge >= 0.3 is 0 Å². The van der Waals surface area contributed by atoms with Gasteiger partial charge in [-0.2, -0.15) is 0 Å². The molecule has 3 nitrogen and oxygen atoms in total. The first-order valence-corrected chi connectivity index (χ1v) is 8.15. The summed E-state index contributed by atoms with van der Waals surface area (Å²) in [4.78, 5) is 12.2. The second kappa shape index (κ2) is 8.18. The number of para-hydroxylation sites is 1. The quantitative estimate of drug-likeness (QED) is 0.592. The van der Waals surface area contributed by atoms with Crippen LogP contribution < -0.4 is 10.1 Å². The molecule has 0 heterocycles. The number of benzene rings is 3. The van der Waals surface area contributed by atoms with Crippen molar-refractivity contribution in [3.05, 3.63) is 95.5 Å². The molecule has 3 aromatic rings. The molecule has 0 saturated carbocycles. The minimum atomic E-state index is -0.260. The van der Waals surface area contributed by atoms with Crippen molar-refractivity contribution in [1.29, 1.82) is 0 Å². The number of amides is 1. The van der Waals surface area contributed by atoms with Crippen molar-refractivity contribution in [3.63, 3.8) is 0 Å². The fraction of sp³-hybridized carbons (Fsp3) is 0. The van der Waals surface area contributed by atoms with Gasteiger partial charge in [0.2, 0.25) is 5.91 Å². The van der Waals surface area contributed by atoms with Crippen molar-refractivity contribution >= 4 is 29.3 Å². The van der Waals surface area contributed by atoms with Gasteiger partial charge in [0, 0.05) is 11.1 Å². The highest BCUT2D eigenvalue weighted by molar-refractivity contribution is 6.31. The van der Waals surface area contributed by atoms with Crippen LogP contribution in [0.2, 0.25) is 5.02 Å². The second-order valence-electron chi connectivity index (χ2n) is 5.29. The highest BCUT2D eigenvalue weighted by atomic mass is 35.5. The van der Waals surface area contributed by atoms with Crippen LogP contribution >= 0.6 is 11.6 Å². The molecule has 0 bridgehead atoms. The smallest absolute Gasteiger partial charge is 0.248 e. The standard InChI is InChI=1S/C21H16ClNO2/c22-17-12-13-20(25-18-9-5-2-6-10-18)19(15-17)23-21(24)14-11-16-7-3-1-4-8-16/h1-15H,(H,23,24)/b14-11+. The van der Waals surface area contributed by atoms with Crippen LogP contribution in [0.1, 0.15) is 5.56 Å². The van der Waals surface area contributed by atoms with Crippen LogP contribution in [0, 0.1) is 0 Å². The lowest BCUT2D eigenvalue weighted by molar-refractivity contribution is -0.111. The maximum absolute atomic E-state index is 12.2. The van der Waals surface area contributed by atoms with Crippen molar-refractivity contribution in [2.24, 2.45) is 0 Å². The van der Waals surface area contributed by atoms with Crippen LogP contribution in [0.4, 0.5) is 5.69 Å². The van der Waals surface area contributed by atoms with E-state index in [-0.39, 0.29) is 5.91 Å². The summed E-state index contributed by atoms with van der Waals surface area (Å²) in [6.07, 6.45) is 3.22. The number of hydrogen-bond acceptors (Lipinski definition) is 2. The molecule has 0 aliphatic rings. The highest BCUT2D eigenvalue weighted by Gasteiger charge is 2.08. The van der Waals surface area contributed by atoms with Gasteiger partial charge in [0.05, 0.1) is 5.69 Å². The van der Waals surface area contributed by atoms with Gasteiger partial charge in [-0.1, -0.05) is 60.1 Å². The summed E-state index contributed by atoms with van der Waals surface area (Å²) < 4.78 is 5.83. The van der Waals surface area contributed by atoms with Gasteiger partial charge in [0.1, 0.15) is 5.75 Å². The maximum atomic E-state index is 12.2. The summed E-state index contributed by atoms with van der Waals surface area (Å²) >= 11 is 6.05. The third-order valence-corrected chi connectivity index (χ3v) is 3.63. The van der Waals surface area contributed by atoms with Gasteiger partial charge in [-0.25, -0.2) is 0 Å². The van der Waals surface area contributed by atoms with E-state index in [1.54, 1.807) is 24.3 Å². The van der Waals surface area contributed by atoms with E-state index in [0.29, 0.717) is 22.2 Å². The fourth-order valence-electron chi connectivity index (χ4n) is 2.21. The minimum Gasteiger partial charge on any atom is -0.455 e. The first-order chi connectivity index (χ1) is 12.2. The molecule has 0 aliphatic carbocycles. The van der Waals surface area contributed by atoms with E-state index in [2.05, 4.69) is 5.32 Å². The van der Waals surface area contributed by atoms with Crippen LogP contribution in [-0.2, 0) is 4.79 Å². The Labute approximate surface area is 151 Å². The number of anilines is 1. The number of carbonyl (C=O) groups excluding carboxylic acids is 1. The summed E-state index contributed by atoms with van der Waals surface area (Å²) in [5.41, 5.74) is 1.46. The van der Waals surface area contributed by atoms with Crippen LogP contribution in [0.5, 0.6) is 11.5 Å². The van der Waals surface area contributed by atoms with Gasteiger partial charge in [-0.15, -0.1) is 0 Å². The number of carbonyl (C=O) groups is 1. The summed E-state index contributed by atoms with van der Waals surface area (Å²) in [5.74, 6) is 0.946. The lowest BCUT2D eigenvalue weighted by atomic mass is 10.2. The number of nitrogens with one attached hydrogen (secondary N) is 1. The molecule has 0 atom stereocenters. The molecule has 3 aromatic carbocycles. The molecule has 1 N–H and O–H groups in total. The SMILES string of the molecule is O=C(/C=C/c1ccccc1)Nc1cc(Cl)ccc1Oc1ccccc1. The van der Waals surface area contributed by atoms with Crippen LogP contribution in [0.25, 0.3) is 6.08 Å². The third kappa shape index (κ3) is 4.96. The normalized spacial score (nSPS) is 10.6. The molecule has 0 spiro atoms. The molecule has 0 saturated heterocycles. The highest BCUT2D eigenvalue weighted by Crippen LogP contribution is 2.32. The summed E-state index contributed by atoms with van der Waals surface area (Å²) in [7, 11) is 0. The molecule has 0 radical (unpaired) electrons. The first-order valence-electron chi connectivity index (χ1n) is 7.77. The number of rotatable bonds is 5. The van der Waals surface area contributed by atoms with Crippen molar-refractivity contribution in [2.75, 3.05) is 5.32 Å². The molecular formula is C21H16ClNO2. The Morgan fingerprint density at radius 1 is 0.920 bits per heavy atom. The molecule has 4 heteroatoms. The summed E-state index contributed by atoms with van der Waals surface area (Å²) in [5, 5.41) is 3.32. The molecule has 1 amide bonds. The van der Waals surface area contributed by atoms with Crippen LogP contribution in [-0.4, -0.2) is 5.91 Å². The fourth-order valence-corrected chi connectivity index (χ4v) is 2.39. The lowest BCUT2D eigenvalue weighted by Gasteiger charge is -2.12. The molecule has 25 heavy (non-hydrogen) atoms. The molecule has 0 fully saturated rings. The van der Waals surface area contributed by atoms with Crippen molar-refractivity contribution in [2.45, 2.75) is 0 Å². The Balaban J connectivity index is 1.76. The Bertz CT molecular complexity index is 877. The van der Waals surface area contributed by atoms with Crippen molar-refractivity contribution in [3.8, 4) is 11.5 Å². The summed E-state index contributed by atoms with van der Waals surface area (Å²) in [6, 6.07) is 24.1. The zero-order chi connectivity index (χ0) is 17.5. The Kier molecular flexibility index (Phi) is 5.50. The van der Waals surface area contributed by atoms with E-state index < -0.39 is 0 Å². The zero-order valence-electron chi connectivity index (χ0n) is 13.4. The van der Waals surface area contributed by atoms with Crippen molar-refractivity contribution in [1.82, 2.24) is 0 Å². The molecule has 0 unspecified atom stereocenters. The van der Waals surface area contributed by atoms with Gasteiger partial charge in [-0.3, -0.25) is 4.79 Å². The van der Waals surface area contributed by atoms with Gasteiger partial charge in [0.25, 0.3) is 0 Å². The Morgan fingerprint density at radius 3 is 2.32 bits per heavy atom. The molecule has 0 aliphatic heterocycles. The third-order valence-electron chi connectivity index (χ3n) is 3.40. The van der Waals surface area contributed by atoms with E-state index in [4.69, 9.17) is 16.3 Å². The number of ether oxygens (including phenoxy) is 1. The topological polar surface area (TPSA) is 38.3 Å². The van der Waals surface area contributed by atoms with E-state index in [1.165, 1.54) is 6.08 Å². The van der Waals surface area contributed by atoms with E-state index in [0.717, 1.165) is 5.56 Å². The first kappa shape index (κ1) is 16.8. The molecular weight excluding hydrogens is 334 g/mol. The largest absolute Gasteiger partial charge is 0.455 e. The lowest BCUT2D eigenvalue weighted by Crippen LogP contribution is -2.08. The number of halogens is 1. The predicted molar refractivity (Wildman–Crippen MR) is 102 cm³/mol. The molecule has 0 aromatic heterocycles. The van der Waals surface area contributed by atoms with Crippen LogP contribution in [0.15, 0.2) is 84.9 Å². The average molecular weight is 350 g/mol. The van der Waals surface area contributed by atoms with E-state index in [1.807, 2.05) is 60.7 Å². The Hall–Kier alpha value is -3.04. The minimum absolute atomic E-state index is 0.260. The average Bonchev–Trinajstić information content (AvgIpc) is 2.64. The maximum Gasteiger partial charge on any atom is 0.248 e. The van der Waals surface area contributed by atoms with Gasteiger partial charge in [0.15, 0.2) is 5.75 Å². The zero-order valence-corrected chi connectivity index (χ0v) is 14.1. The second-order valence-corrected chi connectivity index (χ2v) is 5.73. The van der Waals surface area contributed by atoms with E-state index in [9.17, 15) is 4.79 Å². The van der Waals surface area contributed by atoms with Crippen molar-refractivity contribution < 1.29 is 9.53 Å².